The number of aromatic nitrogens is 1. The van der Waals surface area contributed by atoms with Crippen molar-refractivity contribution < 1.29 is 14.4 Å². The number of aromatic amines is 1. The highest BCUT2D eigenvalue weighted by molar-refractivity contribution is 5.94. The van der Waals surface area contributed by atoms with Crippen LogP contribution in [0.3, 0.4) is 0 Å². The minimum atomic E-state index is -0.419. The van der Waals surface area contributed by atoms with Crippen molar-refractivity contribution in [3.63, 3.8) is 0 Å². The van der Waals surface area contributed by atoms with Crippen molar-refractivity contribution in [2.45, 2.75) is 12.8 Å². The summed E-state index contributed by atoms with van der Waals surface area (Å²) in [4.78, 5) is 40.9. The molecule has 4 amide bonds. The van der Waals surface area contributed by atoms with E-state index in [9.17, 15) is 14.4 Å². The molecule has 0 aliphatic carbocycles. The number of carbonyl (C=O) groups is 3. The van der Waals surface area contributed by atoms with Crippen LogP contribution < -0.4 is 16.2 Å². The Labute approximate surface area is 150 Å². The highest BCUT2D eigenvalue weighted by atomic mass is 16.2. The summed E-state index contributed by atoms with van der Waals surface area (Å²) in [5.74, 6) is -1.09. The molecule has 4 N–H and O–H groups in total. The van der Waals surface area contributed by atoms with Crippen molar-refractivity contribution in [3.8, 4) is 0 Å². The van der Waals surface area contributed by atoms with Crippen LogP contribution in [0.2, 0.25) is 0 Å². The number of anilines is 1. The van der Waals surface area contributed by atoms with Crippen molar-refractivity contribution in [1.82, 2.24) is 20.7 Å². The molecule has 1 aliphatic rings. The lowest BCUT2D eigenvalue weighted by molar-refractivity contribution is -0.127. The highest BCUT2D eigenvalue weighted by Gasteiger charge is 2.28. The number of carbonyl (C=O) groups excluding carboxylic acids is 3. The number of hydrogen-bond acceptors (Lipinski definition) is 3. The fourth-order valence-electron chi connectivity index (χ4n) is 2.86. The van der Waals surface area contributed by atoms with Crippen molar-refractivity contribution in [2.24, 2.45) is 5.92 Å². The van der Waals surface area contributed by atoms with Crippen molar-refractivity contribution in [3.05, 3.63) is 54.4 Å². The Bertz CT molecular complexity index is 760. The summed E-state index contributed by atoms with van der Waals surface area (Å²) in [5.41, 5.74) is 5.88. The Morgan fingerprint density at radius 3 is 2.58 bits per heavy atom. The molecule has 1 aliphatic heterocycles. The molecule has 8 heteroatoms. The minimum Gasteiger partial charge on any atom is -0.357 e. The summed E-state index contributed by atoms with van der Waals surface area (Å²) >= 11 is 0. The van der Waals surface area contributed by atoms with Crippen LogP contribution in [0.5, 0.6) is 0 Å². The van der Waals surface area contributed by atoms with Gasteiger partial charge in [-0.25, -0.2) is 4.79 Å². The smallest absolute Gasteiger partial charge is 0.321 e. The summed E-state index contributed by atoms with van der Waals surface area (Å²) in [7, 11) is 0. The second-order valence-corrected chi connectivity index (χ2v) is 6.11. The van der Waals surface area contributed by atoms with Gasteiger partial charge in [0.2, 0.25) is 5.91 Å². The van der Waals surface area contributed by atoms with Crippen LogP contribution >= 0.6 is 0 Å². The number of nitrogens with one attached hydrogen (secondary N) is 4. The first-order valence-electron chi connectivity index (χ1n) is 8.48. The standard InChI is InChI=1S/C18H21N5O3/c24-16(21-22-17(25)15-9-4-10-19-15)13-6-5-11-23(12-13)18(26)20-14-7-2-1-3-8-14/h1-4,7-10,13,19H,5-6,11-12H2,(H,20,26)(H,21,24)(H,22,25)/t13-/m0/s1. The molecule has 1 saturated heterocycles. The van der Waals surface area contributed by atoms with Gasteiger partial charge in [-0.2, -0.15) is 0 Å². The summed E-state index contributed by atoms with van der Waals surface area (Å²) < 4.78 is 0. The Kier molecular flexibility index (Phi) is 5.52. The topological polar surface area (TPSA) is 106 Å². The van der Waals surface area contributed by atoms with Crippen LogP contribution in [0.15, 0.2) is 48.7 Å². The second kappa shape index (κ2) is 8.19. The molecule has 136 valence electrons. The number of urea groups is 1. The number of benzene rings is 1. The number of piperidine rings is 1. The molecule has 0 radical (unpaired) electrons. The lowest BCUT2D eigenvalue weighted by Crippen LogP contribution is -2.50. The van der Waals surface area contributed by atoms with Crippen molar-refractivity contribution in [1.29, 1.82) is 0 Å². The van der Waals surface area contributed by atoms with Crippen molar-refractivity contribution in [2.75, 3.05) is 18.4 Å². The summed E-state index contributed by atoms with van der Waals surface area (Å²) in [6.45, 7) is 0.903. The lowest BCUT2D eigenvalue weighted by atomic mass is 9.98. The Morgan fingerprint density at radius 1 is 1.04 bits per heavy atom. The van der Waals surface area contributed by atoms with Crippen LogP contribution in [-0.2, 0) is 4.79 Å². The van der Waals surface area contributed by atoms with E-state index in [2.05, 4.69) is 21.2 Å². The minimum absolute atomic E-state index is 0.232. The van der Waals surface area contributed by atoms with E-state index in [1.807, 2.05) is 30.3 Å². The fourth-order valence-corrected chi connectivity index (χ4v) is 2.86. The fraction of sp³-hybridized carbons (Fsp3) is 0.278. The van der Waals surface area contributed by atoms with Crippen LogP contribution in [0, 0.1) is 5.92 Å². The third-order valence-corrected chi connectivity index (χ3v) is 4.25. The molecule has 26 heavy (non-hydrogen) atoms. The maximum Gasteiger partial charge on any atom is 0.321 e. The molecular weight excluding hydrogens is 334 g/mol. The number of para-hydroxylation sites is 1. The van der Waals surface area contributed by atoms with Gasteiger partial charge in [-0.15, -0.1) is 0 Å². The SMILES string of the molecule is O=C(NNC(=O)[C@H]1CCCN(C(=O)Nc2ccccc2)C1)c1ccc[nH]1. The first-order chi connectivity index (χ1) is 12.6. The maximum absolute atomic E-state index is 12.4. The third-order valence-electron chi connectivity index (χ3n) is 4.25. The average molecular weight is 355 g/mol. The Balaban J connectivity index is 1.50. The summed E-state index contributed by atoms with van der Waals surface area (Å²) in [6, 6.07) is 12.2. The van der Waals surface area contributed by atoms with E-state index >= 15 is 0 Å². The second-order valence-electron chi connectivity index (χ2n) is 6.11. The predicted octanol–water partition coefficient (Wildman–Crippen LogP) is 1.72. The van der Waals surface area contributed by atoms with E-state index in [4.69, 9.17) is 0 Å². The summed E-state index contributed by atoms with van der Waals surface area (Å²) in [5, 5.41) is 2.82. The van der Waals surface area contributed by atoms with Crippen molar-refractivity contribution >= 4 is 23.5 Å². The first-order valence-corrected chi connectivity index (χ1v) is 8.48. The quantitative estimate of drug-likeness (QED) is 0.630. The molecular formula is C18H21N5O3. The molecule has 1 aromatic carbocycles. The molecule has 0 bridgehead atoms. The number of likely N-dealkylation sites (tertiary alicyclic amines) is 1. The zero-order chi connectivity index (χ0) is 18.4. The molecule has 1 atom stereocenters. The number of H-pyrrole nitrogens is 1. The Morgan fingerprint density at radius 2 is 1.85 bits per heavy atom. The van der Waals surface area contributed by atoms with Gasteiger partial charge in [-0.3, -0.25) is 20.4 Å². The van der Waals surface area contributed by atoms with Gasteiger partial charge < -0.3 is 15.2 Å². The molecule has 1 aromatic heterocycles. The van der Waals surface area contributed by atoms with E-state index in [0.717, 1.165) is 6.42 Å². The predicted molar refractivity (Wildman–Crippen MR) is 96.2 cm³/mol. The van der Waals surface area contributed by atoms with Gasteiger partial charge in [0.15, 0.2) is 0 Å². The number of nitrogens with zero attached hydrogens (tertiary/aromatic N) is 1. The number of hydrogen-bond donors (Lipinski definition) is 4. The van der Waals surface area contributed by atoms with E-state index in [0.29, 0.717) is 30.9 Å². The molecule has 3 rings (SSSR count). The molecule has 2 heterocycles. The van der Waals surface area contributed by atoms with Gasteiger partial charge in [-0.05, 0) is 37.1 Å². The van der Waals surface area contributed by atoms with Crippen LogP contribution in [0.25, 0.3) is 0 Å². The van der Waals surface area contributed by atoms with Gasteiger partial charge >= 0.3 is 6.03 Å². The van der Waals surface area contributed by atoms with E-state index in [1.165, 1.54) is 0 Å². The van der Waals surface area contributed by atoms with E-state index in [-0.39, 0.29) is 17.9 Å². The maximum atomic E-state index is 12.4. The van der Waals surface area contributed by atoms with Crippen LogP contribution in [0.4, 0.5) is 10.5 Å². The molecule has 1 fully saturated rings. The molecule has 0 saturated carbocycles. The molecule has 8 nitrogen and oxygen atoms in total. The Hall–Kier alpha value is -3.29. The third kappa shape index (κ3) is 4.41. The zero-order valence-corrected chi connectivity index (χ0v) is 14.2. The van der Waals surface area contributed by atoms with Gasteiger partial charge in [0.05, 0.1) is 5.92 Å². The zero-order valence-electron chi connectivity index (χ0n) is 14.2. The molecule has 0 spiro atoms. The summed E-state index contributed by atoms with van der Waals surface area (Å²) in [6.07, 6.45) is 3.02. The first kappa shape index (κ1) is 17.5. The van der Waals surface area contributed by atoms with Gasteiger partial charge in [-0.1, -0.05) is 18.2 Å². The number of hydrazine groups is 1. The molecule has 0 unspecified atom stereocenters. The largest absolute Gasteiger partial charge is 0.357 e. The normalized spacial score (nSPS) is 16.6. The molecule has 2 aromatic rings. The van der Waals surface area contributed by atoms with Gasteiger partial charge in [0, 0.05) is 25.0 Å². The van der Waals surface area contributed by atoms with Crippen LogP contribution in [-0.4, -0.2) is 40.8 Å². The van der Waals surface area contributed by atoms with Gasteiger partial charge in [0.1, 0.15) is 5.69 Å². The number of rotatable bonds is 3. The van der Waals surface area contributed by atoms with Gasteiger partial charge in [0.25, 0.3) is 5.91 Å². The van der Waals surface area contributed by atoms with E-state index < -0.39 is 5.91 Å². The average Bonchev–Trinajstić information content (AvgIpc) is 3.21. The monoisotopic (exact) mass is 355 g/mol. The number of amides is 4. The van der Waals surface area contributed by atoms with Crippen LogP contribution in [0.1, 0.15) is 23.3 Å². The van der Waals surface area contributed by atoms with E-state index in [1.54, 1.807) is 23.2 Å². The lowest BCUT2D eigenvalue weighted by Gasteiger charge is -2.32. The highest BCUT2D eigenvalue weighted by Crippen LogP contribution is 2.18.